The number of hydrogen-bond acceptors (Lipinski definition) is 5. The molecule has 5 nitrogen and oxygen atoms in total. The zero-order valence-corrected chi connectivity index (χ0v) is 19.9. The van der Waals surface area contributed by atoms with Crippen molar-refractivity contribution < 1.29 is 19.4 Å². The van der Waals surface area contributed by atoms with Gasteiger partial charge in [0, 0.05) is 34.3 Å². The summed E-state index contributed by atoms with van der Waals surface area (Å²) in [7, 11) is 0. The van der Waals surface area contributed by atoms with Crippen LogP contribution in [0.3, 0.4) is 0 Å². The molecule has 1 saturated carbocycles. The van der Waals surface area contributed by atoms with Crippen LogP contribution in [0, 0.1) is 0 Å². The second-order valence-corrected chi connectivity index (χ2v) is 9.91. The Bertz CT molecular complexity index is 1190. The van der Waals surface area contributed by atoms with Crippen LogP contribution in [0.15, 0.2) is 71.1 Å². The largest absolute Gasteiger partial charge is 0.508 e. The fourth-order valence-electron chi connectivity index (χ4n) is 5.54. The van der Waals surface area contributed by atoms with Gasteiger partial charge in [-0.3, -0.25) is 4.79 Å². The van der Waals surface area contributed by atoms with Crippen molar-refractivity contribution in [2.24, 2.45) is 0 Å². The Balaban J connectivity index is 1.54. The van der Waals surface area contributed by atoms with Crippen molar-refractivity contribution in [1.29, 1.82) is 0 Å². The first-order valence-corrected chi connectivity index (χ1v) is 12.3. The van der Waals surface area contributed by atoms with Gasteiger partial charge in [0.05, 0.1) is 5.57 Å². The maximum Gasteiger partial charge on any atom is 0.337 e. The molecule has 0 spiro atoms. The van der Waals surface area contributed by atoms with Gasteiger partial charge in [0.25, 0.3) is 0 Å². The highest BCUT2D eigenvalue weighted by Gasteiger charge is 2.42. The quantitative estimate of drug-likeness (QED) is 0.537. The number of hydrogen-bond donors (Lipinski definition) is 2. The number of allylic oxidation sites excluding steroid dienone is 3. The third kappa shape index (κ3) is 4.37. The van der Waals surface area contributed by atoms with Gasteiger partial charge >= 0.3 is 5.97 Å². The van der Waals surface area contributed by atoms with E-state index >= 15 is 0 Å². The van der Waals surface area contributed by atoms with Crippen LogP contribution in [0.2, 0.25) is 5.02 Å². The van der Waals surface area contributed by atoms with Crippen molar-refractivity contribution in [3.8, 4) is 5.75 Å². The van der Waals surface area contributed by atoms with Crippen molar-refractivity contribution in [3.05, 3.63) is 87.2 Å². The third-order valence-electron chi connectivity index (χ3n) is 7.17. The number of aromatic hydroxyl groups is 1. The van der Waals surface area contributed by atoms with E-state index in [-0.39, 0.29) is 29.5 Å². The van der Waals surface area contributed by atoms with Gasteiger partial charge in [0.15, 0.2) is 5.78 Å². The minimum absolute atomic E-state index is 0.000657. The van der Waals surface area contributed by atoms with E-state index in [0.29, 0.717) is 40.3 Å². The third-order valence-corrected chi connectivity index (χ3v) is 7.42. The second kappa shape index (κ2) is 9.30. The van der Waals surface area contributed by atoms with Gasteiger partial charge in [0.2, 0.25) is 0 Å². The topological polar surface area (TPSA) is 75.6 Å². The predicted molar refractivity (Wildman–Crippen MR) is 130 cm³/mol. The normalized spacial score (nSPS) is 23.1. The smallest absolute Gasteiger partial charge is 0.337 e. The summed E-state index contributed by atoms with van der Waals surface area (Å²) in [5.74, 6) is -0.830. The van der Waals surface area contributed by atoms with Crippen LogP contribution in [0.1, 0.15) is 68.4 Å². The van der Waals surface area contributed by atoms with Crippen molar-refractivity contribution in [1.82, 2.24) is 5.32 Å². The number of benzene rings is 2. The molecule has 6 heteroatoms. The summed E-state index contributed by atoms with van der Waals surface area (Å²) in [6.07, 6.45) is 4.79. The molecule has 0 amide bonds. The summed E-state index contributed by atoms with van der Waals surface area (Å²) in [4.78, 5) is 27.0. The molecule has 34 heavy (non-hydrogen) atoms. The number of phenolic OH excluding ortho intramolecular Hbond substituents is 1. The van der Waals surface area contributed by atoms with Gasteiger partial charge in [-0.15, -0.1) is 0 Å². The standard InChI is InChI=1S/C28H28ClNO4/c1-16-25(28(33)34-22-7-2-3-8-22)26(18-5-4-6-21(31)13-18)27-23(30-16)14-19(15-24(27)32)17-9-11-20(29)12-10-17/h4-6,9-13,19,22,26,30-31H,2-3,7-8,14-15H2,1H3. The summed E-state index contributed by atoms with van der Waals surface area (Å²) >= 11 is 6.06. The molecule has 176 valence electrons. The molecule has 2 unspecified atom stereocenters. The maximum atomic E-state index is 13.6. The van der Waals surface area contributed by atoms with Crippen molar-refractivity contribution in [3.63, 3.8) is 0 Å². The molecule has 1 heterocycles. The highest BCUT2D eigenvalue weighted by atomic mass is 35.5. The molecule has 2 aromatic carbocycles. The zero-order valence-electron chi connectivity index (χ0n) is 19.1. The molecule has 0 radical (unpaired) electrons. The monoisotopic (exact) mass is 477 g/mol. The highest BCUT2D eigenvalue weighted by molar-refractivity contribution is 6.30. The highest BCUT2D eigenvalue weighted by Crippen LogP contribution is 2.46. The molecule has 1 fully saturated rings. The first kappa shape index (κ1) is 22.7. The van der Waals surface area contributed by atoms with Crippen LogP contribution in [-0.4, -0.2) is 23.0 Å². The minimum atomic E-state index is -0.573. The average Bonchev–Trinajstić information content (AvgIpc) is 3.31. The number of carbonyl (C=O) groups is 2. The number of nitrogens with one attached hydrogen (secondary N) is 1. The molecule has 2 aromatic rings. The van der Waals surface area contributed by atoms with E-state index < -0.39 is 5.92 Å². The average molecular weight is 478 g/mol. The number of rotatable bonds is 4. The second-order valence-electron chi connectivity index (χ2n) is 9.48. The lowest BCUT2D eigenvalue weighted by Crippen LogP contribution is -2.36. The van der Waals surface area contributed by atoms with Gasteiger partial charge in [-0.05, 0) is 80.3 Å². The Morgan fingerprint density at radius 3 is 2.50 bits per heavy atom. The lowest BCUT2D eigenvalue weighted by atomic mass is 9.71. The van der Waals surface area contributed by atoms with E-state index in [0.717, 1.165) is 36.9 Å². The Morgan fingerprint density at radius 1 is 1.06 bits per heavy atom. The number of Topliss-reactive ketones (excluding diaryl/α,β-unsaturated/α-hetero) is 1. The van der Waals surface area contributed by atoms with Gasteiger partial charge in [-0.1, -0.05) is 35.9 Å². The molecule has 0 saturated heterocycles. The molecule has 5 rings (SSSR count). The zero-order chi connectivity index (χ0) is 23.8. The Kier molecular flexibility index (Phi) is 6.22. The number of esters is 1. The molecular weight excluding hydrogens is 450 g/mol. The Hall–Kier alpha value is -3.05. The molecule has 1 aliphatic heterocycles. The molecule has 0 aromatic heterocycles. The van der Waals surface area contributed by atoms with Crippen molar-refractivity contribution in [2.75, 3.05) is 0 Å². The fourth-order valence-corrected chi connectivity index (χ4v) is 5.66. The van der Waals surface area contributed by atoms with Crippen LogP contribution in [0.5, 0.6) is 5.75 Å². The summed E-state index contributed by atoms with van der Waals surface area (Å²) in [6.45, 7) is 1.86. The number of carbonyl (C=O) groups excluding carboxylic acids is 2. The minimum Gasteiger partial charge on any atom is -0.508 e. The van der Waals surface area contributed by atoms with Gasteiger partial charge in [0.1, 0.15) is 11.9 Å². The van der Waals surface area contributed by atoms with E-state index in [4.69, 9.17) is 16.3 Å². The lowest BCUT2D eigenvalue weighted by Gasteiger charge is -2.37. The predicted octanol–water partition coefficient (Wildman–Crippen LogP) is 5.89. The van der Waals surface area contributed by atoms with Crippen molar-refractivity contribution in [2.45, 2.75) is 63.4 Å². The summed E-state index contributed by atoms with van der Waals surface area (Å²) in [5.41, 5.74) is 4.35. The van der Waals surface area contributed by atoms with Crippen LogP contribution >= 0.6 is 11.6 Å². The van der Waals surface area contributed by atoms with E-state index in [1.54, 1.807) is 18.2 Å². The number of ketones is 1. The van der Waals surface area contributed by atoms with Gasteiger partial charge in [-0.25, -0.2) is 4.79 Å². The SMILES string of the molecule is CC1=C(C(=O)OC2CCCC2)C(c2cccc(O)c2)C2=C(CC(c3ccc(Cl)cc3)CC2=O)N1. The van der Waals surface area contributed by atoms with E-state index in [9.17, 15) is 14.7 Å². The van der Waals surface area contributed by atoms with Crippen LogP contribution in [0.4, 0.5) is 0 Å². The first-order valence-electron chi connectivity index (χ1n) is 11.9. The van der Waals surface area contributed by atoms with Crippen LogP contribution in [0.25, 0.3) is 0 Å². The van der Waals surface area contributed by atoms with Crippen molar-refractivity contribution >= 4 is 23.4 Å². The van der Waals surface area contributed by atoms with E-state index in [1.165, 1.54) is 0 Å². The number of halogens is 1. The fraction of sp³-hybridized carbons (Fsp3) is 0.357. The number of phenols is 1. The van der Waals surface area contributed by atoms with Gasteiger partial charge < -0.3 is 15.2 Å². The molecular formula is C28H28ClNO4. The molecule has 2 atom stereocenters. The van der Waals surface area contributed by atoms with E-state index in [2.05, 4.69) is 5.32 Å². The molecule has 3 aliphatic rings. The summed E-state index contributed by atoms with van der Waals surface area (Å²) < 4.78 is 5.87. The number of dihydropyridines is 1. The Morgan fingerprint density at radius 2 is 1.79 bits per heavy atom. The molecule has 2 N–H and O–H groups in total. The molecule has 2 aliphatic carbocycles. The number of ether oxygens (including phenoxy) is 1. The summed E-state index contributed by atoms with van der Waals surface area (Å²) in [5, 5.41) is 14.2. The lowest BCUT2D eigenvalue weighted by molar-refractivity contribution is -0.144. The Labute approximate surface area is 204 Å². The molecule has 0 bridgehead atoms. The van der Waals surface area contributed by atoms with Crippen LogP contribution in [-0.2, 0) is 14.3 Å². The van der Waals surface area contributed by atoms with Crippen LogP contribution < -0.4 is 5.32 Å². The first-order chi connectivity index (χ1) is 16.4. The van der Waals surface area contributed by atoms with Gasteiger partial charge in [-0.2, -0.15) is 0 Å². The maximum absolute atomic E-state index is 13.6. The summed E-state index contributed by atoms with van der Waals surface area (Å²) in [6, 6.07) is 14.4. The van der Waals surface area contributed by atoms with E-state index in [1.807, 2.05) is 37.3 Å².